The van der Waals surface area contributed by atoms with Crippen molar-refractivity contribution >= 4 is 40.9 Å². The van der Waals surface area contributed by atoms with Crippen molar-refractivity contribution in [3.8, 4) is 0 Å². The number of carbonyl (C=O) groups is 3. The Hall–Kier alpha value is -2.57. The Kier molecular flexibility index (Phi) is 8.34. The molecule has 4 rings (SSSR count). The van der Waals surface area contributed by atoms with Crippen molar-refractivity contribution in [2.75, 3.05) is 13.1 Å². The number of nitrogens with zero attached hydrogens (tertiary/aromatic N) is 1. The molecule has 2 aromatic rings. The van der Waals surface area contributed by atoms with Gasteiger partial charge in [-0.3, -0.25) is 14.4 Å². The number of piperidine rings is 1. The quantitative estimate of drug-likeness (QED) is 0.587. The van der Waals surface area contributed by atoms with E-state index in [0.29, 0.717) is 34.3 Å². The van der Waals surface area contributed by atoms with Crippen LogP contribution in [-0.2, 0) is 4.79 Å². The Morgan fingerprint density at radius 2 is 1.54 bits per heavy atom. The number of hydrogen-bond acceptors (Lipinski definition) is 3. The first-order valence-corrected chi connectivity index (χ1v) is 13.0. The van der Waals surface area contributed by atoms with Gasteiger partial charge in [-0.15, -0.1) is 0 Å². The van der Waals surface area contributed by atoms with Gasteiger partial charge in [0.25, 0.3) is 11.8 Å². The van der Waals surface area contributed by atoms with Gasteiger partial charge in [0.1, 0.15) is 0 Å². The second kappa shape index (κ2) is 11.4. The van der Waals surface area contributed by atoms with E-state index in [1.807, 2.05) is 31.2 Å². The minimum absolute atomic E-state index is 0.0614. The van der Waals surface area contributed by atoms with Gasteiger partial charge in [0, 0.05) is 46.3 Å². The summed E-state index contributed by atoms with van der Waals surface area (Å²) >= 11 is 12.1. The van der Waals surface area contributed by atoms with Gasteiger partial charge in [-0.2, -0.15) is 0 Å². The highest BCUT2D eigenvalue weighted by atomic mass is 35.5. The van der Waals surface area contributed by atoms with Crippen molar-refractivity contribution in [1.29, 1.82) is 0 Å². The maximum absolute atomic E-state index is 13.2. The standard InChI is InChI=1S/C27H31Cl2N3O3/c1-17-7-2-3-9-22(17)26(34)31-24-11-5-4-10-23(24)30-25(33)18-8-6-12-32(16-18)27(35)19-13-20(28)15-21(29)14-19/h2-3,7,9,13-15,18,23-24H,4-6,8,10-12,16H2,1H3,(H,30,33)(H,31,34)/t18-,23+,24+/m0/s1. The molecule has 1 aliphatic heterocycles. The Morgan fingerprint density at radius 1 is 0.886 bits per heavy atom. The van der Waals surface area contributed by atoms with Crippen molar-refractivity contribution in [2.24, 2.45) is 5.92 Å². The zero-order valence-electron chi connectivity index (χ0n) is 19.9. The predicted octanol–water partition coefficient (Wildman–Crippen LogP) is 5.01. The monoisotopic (exact) mass is 515 g/mol. The summed E-state index contributed by atoms with van der Waals surface area (Å²) in [5.74, 6) is -0.637. The lowest BCUT2D eigenvalue weighted by molar-refractivity contribution is -0.127. The minimum atomic E-state index is -0.294. The smallest absolute Gasteiger partial charge is 0.253 e. The molecule has 1 saturated carbocycles. The average molecular weight is 516 g/mol. The zero-order valence-corrected chi connectivity index (χ0v) is 21.4. The second-order valence-electron chi connectivity index (χ2n) is 9.54. The van der Waals surface area contributed by atoms with Gasteiger partial charge in [0.15, 0.2) is 0 Å². The maximum Gasteiger partial charge on any atom is 0.253 e. The average Bonchev–Trinajstić information content (AvgIpc) is 2.84. The molecule has 2 aromatic carbocycles. The Balaban J connectivity index is 1.38. The third-order valence-corrected chi connectivity index (χ3v) is 7.43. The van der Waals surface area contributed by atoms with Gasteiger partial charge >= 0.3 is 0 Å². The highest BCUT2D eigenvalue weighted by Gasteiger charge is 2.33. The van der Waals surface area contributed by atoms with Crippen LogP contribution in [0.4, 0.5) is 0 Å². The Bertz CT molecular complexity index is 1090. The van der Waals surface area contributed by atoms with Crippen molar-refractivity contribution in [1.82, 2.24) is 15.5 Å². The molecule has 3 atom stereocenters. The van der Waals surface area contributed by atoms with E-state index in [1.54, 1.807) is 23.1 Å². The van der Waals surface area contributed by atoms with Crippen LogP contribution in [0, 0.1) is 12.8 Å². The molecule has 0 radical (unpaired) electrons. The van der Waals surface area contributed by atoms with E-state index < -0.39 is 0 Å². The lowest BCUT2D eigenvalue weighted by Crippen LogP contribution is -2.55. The van der Waals surface area contributed by atoms with Gasteiger partial charge in [-0.25, -0.2) is 0 Å². The molecule has 0 aromatic heterocycles. The molecule has 35 heavy (non-hydrogen) atoms. The number of nitrogens with one attached hydrogen (secondary N) is 2. The SMILES string of the molecule is Cc1ccccc1C(=O)N[C@@H]1CCCC[C@H]1NC(=O)[C@H]1CCCN(C(=O)c2cc(Cl)cc(Cl)c2)C1. The third kappa shape index (κ3) is 6.36. The van der Waals surface area contributed by atoms with Crippen LogP contribution in [0.3, 0.4) is 0 Å². The number of hydrogen-bond donors (Lipinski definition) is 2. The Morgan fingerprint density at radius 3 is 2.23 bits per heavy atom. The van der Waals surface area contributed by atoms with Gasteiger partial charge in [-0.1, -0.05) is 54.2 Å². The number of halogens is 2. The number of benzene rings is 2. The van der Waals surface area contributed by atoms with Gasteiger partial charge in [0.05, 0.1) is 5.92 Å². The summed E-state index contributed by atoms with van der Waals surface area (Å²) in [6.07, 6.45) is 5.13. The number of amides is 3. The van der Waals surface area contributed by atoms with Crippen molar-refractivity contribution in [3.05, 3.63) is 69.2 Å². The van der Waals surface area contributed by atoms with E-state index in [-0.39, 0.29) is 35.7 Å². The van der Waals surface area contributed by atoms with Crippen molar-refractivity contribution in [2.45, 2.75) is 57.5 Å². The van der Waals surface area contributed by atoms with E-state index in [1.165, 1.54) is 0 Å². The number of likely N-dealkylation sites (tertiary alicyclic amines) is 1. The van der Waals surface area contributed by atoms with Crippen LogP contribution in [0.1, 0.15) is 64.8 Å². The molecule has 6 nitrogen and oxygen atoms in total. The Labute approximate surface area is 216 Å². The lowest BCUT2D eigenvalue weighted by Gasteiger charge is -2.36. The van der Waals surface area contributed by atoms with E-state index in [4.69, 9.17) is 23.2 Å². The van der Waals surface area contributed by atoms with Crippen LogP contribution in [0.5, 0.6) is 0 Å². The first-order valence-electron chi connectivity index (χ1n) is 12.2. The van der Waals surface area contributed by atoms with Crippen molar-refractivity contribution in [3.63, 3.8) is 0 Å². The van der Waals surface area contributed by atoms with E-state index in [0.717, 1.165) is 44.1 Å². The molecule has 0 bridgehead atoms. The molecule has 0 unspecified atom stereocenters. The normalized spacial score (nSPS) is 22.4. The third-order valence-electron chi connectivity index (χ3n) is 6.99. The highest BCUT2D eigenvalue weighted by molar-refractivity contribution is 6.35. The van der Waals surface area contributed by atoms with Gasteiger partial charge in [0.2, 0.25) is 5.91 Å². The zero-order chi connectivity index (χ0) is 24.9. The van der Waals surface area contributed by atoms with Crippen LogP contribution < -0.4 is 10.6 Å². The minimum Gasteiger partial charge on any atom is -0.351 e. The van der Waals surface area contributed by atoms with Gasteiger partial charge in [-0.05, 0) is 62.4 Å². The topological polar surface area (TPSA) is 78.5 Å². The number of aryl methyl sites for hydroxylation is 1. The predicted molar refractivity (Wildman–Crippen MR) is 138 cm³/mol. The molecular weight excluding hydrogens is 485 g/mol. The summed E-state index contributed by atoms with van der Waals surface area (Å²) in [6.45, 7) is 2.86. The molecule has 2 fully saturated rings. The first-order chi connectivity index (χ1) is 16.8. The summed E-state index contributed by atoms with van der Waals surface area (Å²) < 4.78 is 0. The second-order valence-corrected chi connectivity index (χ2v) is 10.4. The van der Waals surface area contributed by atoms with Crippen LogP contribution in [0.25, 0.3) is 0 Å². The largest absolute Gasteiger partial charge is 0.351 e. The molecular formula is C27H31Cl2N3O3. The molecule has 0 spiro atoms. The van der Waals surface area contributed by atoms with E-state index in [2.05, 4.69) is 10.6 Å². The summed E-state index contributed by atoms with van der Waals surface area (Å²) in [5.41, 5.74) is 2.01. The lowest BCUT2D eigenvalue weighted by atomic mass is 9.88. The van der Waals surface area contributed by atoms with Crippen LogP contribution in [0.15, 0.2) is 42.5 Å². The van der Waals surface area contributed by atoms with Crippen molar-refractivity contribution < 1.29 is 14.4 Å². The number of carbonyl (C=O) groups excluding carboxylic acids is 3. The molecule has 186 valence electrons. The molecule has 2 N–H and O–H groups in total. The van der Waals surface area contributed by atoms with E-state index in [9.17, 15) is 14.4 Å². The number of rotatable bonds is 5. The summed E-state index contributed by atoms with van der Waals surface area (Å²) in [4.78, 5) is 40.8. The van der Waals surface area contributed by atoms with Crippen LogP contribution in [-0.4, -0.2) is 47.8 Å². The van der Waals surface area contributed by atoms with Gasteiger partial charge < -0.3 is 15.5 Å². The molecule has 2 aliphatic rings. The molecule has 1 heterocycles. The van der Waals surface area contributed by atoms with Crippen LogP contribution in [0.2, 0.25) is 10.0 Å². The fraction of sp³-hybridized carbons (Fsp3) is 0.444. The maximum atomic E-state index is 13.2. The molecule has 1 saturated heterocycles. The highest BCUT2D eigenvalue weighted by Crippen LogP contribution is 2.25. The fourth-order valence-corrected chi connectivity index (χ4v) is 5.61. The van der Waals surface area contributed by atoms with Crippen LogP contribution >= 0.6 is 23.2 Å². The fourth-order valence-electron chi connectivity index (χ4n) is 5.09. The van der Waals surface area contributed by atoms with E-state index >= 15 is 0 Å². The molecule has 3 amide bonds. The summed E-state index contributed by atoms with van der Waals surface area (Å²) in [6, 6.07) is 12.1. The molecule has 1 aliphatic carbocycles. The summed E-state index contributed by atoms with van der Waals surface area (Å²) in [7, 11) is 0. The first kappa shape index (κ1) is 25.5. The molecule has 8 heteroatoms. The summed E-state index contributed by atoms with van der Waals surface area (Å²) in [5, 5.41) is 7.16.